The van der Waals surface area contributed by atoms with E-state index in [0.29, 0.717) is 13.2 Å². The van der Waals surface area contributed by atoms with Gasteiger partial charge in [0, 0.05) is 18.1 Å². The van der Waals surface area contributed by atoms with Gasteiger partial charge in [-0.25, -0.2) is 14.4 Å². The molecule has 0 bridgehead atoms. The largest absolute Gasteiger partial charge is 0.367 e. The van der Waals surface area contributed by atoms with Crippen molar-refractivity contribution in [1.82, 2.24) is 9.97 Å². The van der Waals surface area contributed by atoms with E-state index in [0.717, 1.165) is 17.4 Å². The van der Waals surface area contributed by atoms with Crippen molar-refractivity contribution in [1.29, 1.82) is 0 Å². The molecule has 2 aromatic heterocycles. The number of morpholine rings is 1. The molecule has 0 amide bonds. The van der Waals surface area contributed by atoms with Gasteiger partial charge in [0.05, 0.1) is 19.3 Å². The molecule has 18 heavy (non-hydrogen) atoms. The number of aromatic nitrogens is 2. The summed E-state index contributed by atoms with van der Waals surface area (Å²) in [5.41, 5.74) is 0. The quantitative estimate of drug-likeness (QED) is 0.835. The Balaban J connectivity index is 1.76. The molecule has 1 saturated heterocycles. The highest BCUT2D eigenvalue weighted by Crippen LogP contribution is 2.26. The Kier molecular flexibility index (Phi) is 3.21. The Bertz CT molecular complexity index is 503. The maximum absolute atomic E-state index is 12.8. The van der Waals surface area contributed by atoms with Crippen molar-refractivity contribution in [3.63, 3.8) is 0 Å². The zero-order valence-corrected chi connectivity index (χ0v) is 10.4. The molecule has 0 N–H and O–H groups in total. The third kappa shape index (κ3) is 2.34. The zero-order valence-electron chi connectivity index (χ0n) is 9.62. The van der Waals surface area contributed by atoms with Crippen LogP contribution in [0.2, 0.25) is 0 Å². The second kappa shape index (κ2) is 4.99. The third-order valence-electron chi connectivity index (χ3n) is 2.83. The highest BCUT2D eigenvalue weighted by atomic mass is 32.1. The van der Waals surface area contributed by atoms with Gasteiger partial charge in [0.25, 0.3) is 0 Å². The van der Waals surface area contributed by atoms with E-state index in [1.165, 1.54) is 12.3 Å². The molecule has 0 radical (unpaired) electrons. The monoisotopic (exact) mass is 265 g/mol. The van der Waals surface area contributed by atoms with E-state index >= 15 is 0 Å². The van der Waals surface area contributed by atoms with Crippen LogP contribution in [0.3, 0.4) is 0 Å². The van der Waals surface area contributed by atoms with Crippen molar-refractivity contribution in [3.05, 3.63) is 40.7 Å². The van der Waals surface area contributed by atoms with E-state index in [2.05, 4.69) is 14.9 Å². The van der Waals surface area contributed by atoms with Crippen LogP contribution in [-0.2, 0) is 4.74 Å². The molecule has 3 heterocycles. The highest BCUT2D eigenvalue weighted by molar-refractivity contribution is 7.09. The first kappa shape index (κ1) is 11.6. The SMILES string of the molecule is Fc1ccc(N2CCO[C@H](c3nccs3)C2)nc1. The minimum Gasteiger partial charge on any atom is -0.367 e. The topological polar surface area (TPSA) is 38.2 Å². The van der Waals surface area contributed by atoms with E-state index in [-0.39, 0.29) is 11.9 Å². The molecule has 6 heteroatoms. The molecule has 1 aliphatic rings. The van der Waals surface area contributed by atoms with Gasteiger partial charge < -0.3 is 9.64 Å². The zero-order chi connectivity index (χ0) is 12.4. The van der Waals surface area contributed by atoms with Gasteiger partial charge in [0.1, 0.15) is 22.7 Å². The number of halogens is 1. The van der Waals surface area contributed by atoms with E-state index in [4.69, 9.17) is 4.74 Å². The lowest BCUT2D eigenvalue weighted by Gasteiger charge is -2.32. The fourth-order valence-electron chi connectivity index (χ4n) is 1.96. The molecule has 1 fully saturated rings. The summed E-state index contributed by atoms with van der Waals surface area (Å²) in [6, 6.07) is 3.12. The molecular formula is C12H12FN3OS. The fraction of sp³-hybridized carbons (Fsp3) is 0.333. The Labute approximate surface area is 108 Å². The van der Waals surface area contributed by atoms with Gasteiger partial charge >= 0.3 is 0 Å². The number of rotatable bonds is 2. The summed E-state index contributed by atoms with van der Waals surface area (Å²) in [7, 11) is 0. The summed E-state index contributed by atoms with van der Waals surface area (Å²) < 4.78 is 18.5. The summed E-state index contributed by atoms with van der Waals surface area (Å²) in [4.78, 5) is 10.5. The lowest BCUT2D eigenvalue weighted by Crippen LogP contribution is -2.38. The maximum Gasteiger partial charge on any atom is 0.141 e. The number of nitrogens with zero attached hydrogens (tertiary/aromatic N) is 3. The minimum atomic E-state index is -0.316. The third-order valence-corrected chi connectivity index (χ3v) is 3.70. The van der Waals surface area contributed by atoms with Gasteiger partial charge in [-0.15, -0.1) is 11.3 Å². The molecule has 1 atom stereocenters. The van der Waals surface area contributed by atoms with Crippen molar-refractivity contribution in [2.24, 2.45) is 0 Å². The first-order valence-electron chi connectivity index (χ1n) is 5.70. The standard InChI is InChI=1S/C12H12FN3OS/c13-9-1-2-11(15-7-9)16-4-5-17-10(8-16)12-14-3-6-18-12/h1-3,6-7,10H,4-5,8H2/t10-/m0/s1. The number of hydrogen-bond donors (Lipinski definition) is 0. The average Bonchev–Trinajstić information content (AvgIpc) is 2.94. The molecule has 2 aromatic rings. The van der Waals surface area contributed by atoms with Crippen molar-refractivity contribution >= 4 is 17.2 Å². The number of hydrogen-bond acceptors (Lipinski definition) is 5. The first-order chi connectivity index (χ1) is 8.83. The van der Waals surface area contributed by atoms with Crippen molar-refractivity contribution in [2.45, 2.75) is 6.10 Å². The Morgan fingerprint density at radius 1 is 1.39 bits per heavy atom. The maximum atomic E-state index is 12.8. The molecule has 0 aromatic carbocycles. The lowest BCUT2D eigenvalue weighted by atomic mass is 10.2. The number of anilines is 1. The molecule has 0 unspecified atom stereocenters. The smallest absolute Gasteiger partial charge is 0.141 e. The van der Waals surface area contributed by atoms with Gasteiger partial charge in [0.15, 0.2) is 0 Å². The summed E-state index contributed by atoms with van der Waals surface area (Å²) in [5, 5.41) is 2.91. The molecular weight excluding hydrogens is 253 g/mol. The van der Waals surface area contributed by atoms with Gasteiger partial charge in [-0.1, -0.05) is 0 Å². The van der Waals surface area contributed by atoms with Crippen molar-refractivity contribution in [2.75, 3.05) is 24.6 Å². The second-order valence-electron chi connectivity index (χ2n) is 4.01. The number of thiazole rings is 1. The van der Waals surface area contributed by atoms with Crippen LogP contribution < -0.4 is 4.90 Å². The molecule has 3 rings (SSSR count). The van der Waals surface area contributed by atoms with Crippen molar-refractivity contribution in [3.8, 4) is 0 Å². The minimum absolute atomic E-state index is 0.0226. The summed E-state index contributed by atoms with van der Waals surface area (Å²) >= 11 is 1.59. The van der Waals surface area contributed by atoms with Crippen LogP contribution >= 0.6 is 11.3 Å². The molecule has 0 aliphatic carbocycles. The molecule has 94 valence electrons. The Morgan fingerprint density at radius 2 is 2.33 bits per heavy atom. The Hall–Kier alpha value is -1.53. The van der Waals surface area contributed by atoms with Crippen LogP contribution in [-0.4, -0.2) is 29.7 Å². The van der Waals surface area contributed by atoms with Crippen LogP contribution in [0.4, 0.5) is 10.2 Å². The van der Waals surface area contributed by atoms with Crippen LogP contribution in [0.25, 0.3) is 0 Å². The Morgan fingerprint density at radius 3 is 3.06 bits per heavy atom. The van der Waals surface area contributed by atoms with Gasteiger partial charge in [-0.3, -0.25) is 0 Å². The normalized spacial score (nSPS) is 20.1. The molecule has 0 spiro atoms. The number of ether oxygens (including phenoxy) is 1. The van der Waals surface area contributed by atoms with E-state index in [1.54, 1.807) is 23.6 Å². The predicted octanol–water partition coefficient (Wildman–Crippen LogP) is 2.26. The van der Waals surface area contributed by atoms with E-state index in [1.807, 2.05) is 5.38 Å². The van der Waals surface area contributed by atoms with Crippen LogP contribution in [0.5, 0.6) is 0 Å². The van der Waals surface area contributed by atoms with E-state index < -0.39 is 0 Å². The lowest BCUT2D eigenvalue weighted by molar-refractivity contribution is 0.0393. The first-order valence-corrected chi connectivity index (χ1v) is 6.58. The van der Waals surface area contributed by atoms with Gasteiger partial charge in [0.2, 0.25) is 0 Å². The predicted molar refractivity (Wildman–Crippen MR) is 67.2 cm³/mol. The van der Waals surface area contributed by atoms with Crippen LogP contribution in [0.15, 0.2) is 29.9 Å². The summed E-state index contributed by atoms with van der Waals surface area (Å²) in [6.45, 7) is 2.09. The molecule has 0 saturated carbocycles. The van der Waals surface area contributed by atoms with Gasteiger partial charge in [-0.05, 0) is 12.1 Å². The van der Waals surface area contributed by atoms with E-state index in [9.17, 15) is 4.39 Å². The van der Waals surface area contributed by atoms with Crippen LogP contribution in [0, 0.1) is 5.82 Å². The number of pyridine rings is 1. The summed E-state index contributed by atoms with van der Waals surface area (Å²) in [5.74, 6) is 0.463. The second-order valence-corrected chi connectivity index (χ2v) is 4.94. The van der Waals surface area contributed by atoms with Gasteiger partial charge in [-0.2, -0.15) is 0 Å². The van der Waals surface area contributed by atoms with Crippen LogP contribution in [0.1, 0.15) is 11.1 Å². The fourth-order valence-corrected chi connectivity index (χ4v) is 2.63. The van der Waals surface area contributed by atoms with Crippen molar-refractivity contribution < 1.29 is 9.13 Å². The summed E-state index contributed by atoms with van der Waals surface area (Å²) in [6.07, 6.45) is 2.99. The average molecular weight is 265 g/mol. The molecule has 1 aliphatic heterocycles. The highest BCUT2D eigenvalue weighted by Gasteiger charge is 2.24. The molecule has 4 nitrogen and oxygen atoms in total.